The highest BCUT2D eigenvalue weighted by Crippen LogP contribution is 2.03. The summed E-state index contributed by atoms with van der Waals surface area (Å²) in [6, 6.07) is 0. The van der Waals surface area contributed by atoms with E-state index in [1.807, 2.05) is 5.38 Å². The molecule has 0 spiro atoms. The van der Waals surface area contributed by atoms with Crippen LogP contribution in [0.3, 0.4) is 0 Å². The Kier molecular flexibility index (Phi) is 5.13. The van der Waals surface area contributed by atoms with Crippen LogP contribution in [-0.4, -0.2) is 33.5 Å². The summed E-state index contributed by atoms with van der Waals surface area (Å²) in [7, 11) is 0. The van der Waals surface area contributed by atoms with Gasteiger partial charge in [0.15, 0.2) is 0 Å². The Labute approximate surface area is 94.9 Å². The number of nitrogens with one attached hydrogen (secondary N) is 1. The van der Waals surface area contributed by atoms with Gasteiger partial charge < -0.3 is 10.4 Å². The molecule has 5 nitrogen and oxygen atoms in total. The third kappa shape index (κ3) is 5.38. The molecule has 0 unspecified atom stereocenters. The fourth-order valence-electron chi connectivity index (χ4n) is 0.797. The first-order valence-corrected chi connectivity index (χ1v) is 6.16. The molecule has 0 atom stereocenters. The predicted molar refractivity (Wildman–Crippen MR) is 58.9 cm³/mol. The Morgan fingerprint density at radius 2 is 2.33 bits per heavy atom. The maximum absolute atomic E-state index is 11.2. The van der Waals surface area contributed by atoms with E-state index in [1.54, 1.807) is 6.20 Å². The molecule has 2 N–H and O–H groups in total. The standard InChI is InChI=1S/C8H10N2O3S2/c11-6(4-14-5-8(12)13)10-3-7-9-1-2-15-7/h1-2H,3-5H2,(H,10,11)(H,12,13). The number of aliphatic carboxylic acids is 1. The number of carboxylic acid groups (broad SMARTS) is 1. The number of hydrogen-bond donors (Lipinski definition) is 2. The second kappa shape index (κ2) is 6.41. The Balaban J connectivity index is 2.11. The van der Waals surface area contributed by atoms with Crippen LogP contribution >= 0.6 is 23.1 Å². The number of aromatic nitrogens is 1. The van der Waals surface area contributed by atoms with Gasteiger partial charge in [0.25, 0.3) is 0 Å². The number of rotatable bonds is 6. The lowest BCUT2D eigenvalue weighted by atomic mass is 10.6. The van der Waals surface area contributed by atoms with Crippen molar-refractivity contribution in [2.45, 2.75) is 6.54 Å². The Hall–Kier alpha value is -1.08. The largest absolute Gasteiger partial charge is 0.481 e. The molecule has 15 heavy (non-hydrogen) atoms. The number of carbonyl (C=O) groups is 2. The molecule has 0 saturated heterocycles. The van der Waals surface area contributed by atoms with Crippen molar-refractivity contribution in [1.29, 1.82) is 0 Å². The van der Waals surface area contributed by atoms with E-state index in [2.05, 4.69) is 10.3 Å². The smallest absolute Gasteiger partial charge is 0.313 e. The highest BCUT2D eigenvalue weighted by Gasteiger charge is 2.04. The maximum atomic E-state index is 11.2. The van der Waals surface area contributed by atoms with Crippen LogP contribution in [0.2, 0.25) is 0 Å². The molecule has 1 aromatic rings. The molecular weight excluding hydrogens is 236 g/mol. The lowest BCUT2D eigenvalue weighted by molar-refractivity contribution is -0.133. The minimum Gasteiger partial charge on any atom is -0.481 e. The van der Waals surface area contributed by atoms with Crippen molar-refractivity contribution in [2.24, 2.45) is 0 Å². The minimum absolute atomic E-state index is 0.0509. The normalized spacial score (nSPS) is 9.87. The number of thiazole rings is 1. The van der Waals surface area contributed by atoms with Crippen LogP contribution in [0, 0.1) is 0 Å². The van der Waals surface area contributed by atoms with E-state index in [-0.39, 0.29) is 17.4 Å². The van der Waals surface area contributed by atoms with Gasteiger partial charge in [0, 0.05) is 11.6 Å². The molecule has 1 heterocycles. The molecule has 0 saturated carbocycles. The monoisotopic (exact) mass is 246 g/mol. The summed E-state index contributed by atoms with van der Waals surface area (Å²) in [6.45, 7) is 0.407. The molecular formula is C8H10N2O3S2. The topological polar surface area (TPSA) is 79.3 Å². The fourth-order valence-corrected chi connectivity index (χ4v) is 1.92. The zero-order chi connectivity index (χ0) is 11.1. The Morgan fingerprint density at radius 3 is 2.93 bits per heavy atom. The van der Waals surface area contributed by atoms with E-state index in [1.165, 1.54) is 11.3 Å². The van der Waals surface area contributed by atoms with Crippen LogP contribution in [0.5, 0.6) is 0 Å². The van der Waals surface area contributed by atoms with E-state index in [0.29, 0.717) is 6.54 Å². The number of amides is 1. The molecule has 0 aliphatic rings. The van der Waals surface area contributed by atoms with Crippen molar-refractivity contribution in [2.75, 3.05) is 11.5 Å². The number of nitrogens with zero attached hydrogens (tertiary/aromatic N) is 1. The number of hydrogen-bond acceptors (Lipinski definition) is 5. The minimum atomic E-state index is -0.910. The van der Waals surface area contributed by atoms with E-state index >= 15 is 0 Å². The van der Waals surface area contributed by atoms with Crippen LogP contribution in [0.4, 0.5) is 0 Å². The molecule has 1 aromatic heterocycles. The molecule has 7 heteroatoms. The highest BCUT2D eigenvalue weighted by atomic mass is 32.2. The molecule has 0 radical (unpaired) electrons. The van der Waals surface area contributed by atoms with Crippen LogP contribution < -0.4 is 5.32 Å². The van der Waals surface area contributed by atoms with E-state index < -0.39 is 5.97 Å². The first-order valence-electron chi connectivity index (χ1n) is 4.13. The summed E-state index contributed by atoms with van der Waals surface area (Å²) in [6.07, 6.45) is 1.67. The molecule has 0 aliphatic carbocycles. The van der Waals surface area contributed by atoms with Crippen molar-refractivity contribution >= 4 is 35.0 Å². The molecule has 82 valence electrons. The van der Waals surface area contributed by atoms with Gasteiger partial charge in [-0.3, -0.25) is 9.59 Å². The van der Waals surface area contributed by atoms with Gasteiger partial charge in [-0.2, -0.15) is 0 Å². The maximum Gasteiger partial charge on any atom is 0.313 e. The predicted octanol–water partition coefficient (Wildman–Crippen LogP) is 0.577. The molecule has 1 amide bonds. The highest BCUT2D eigenvalue weighted by molar-refractivity contribution is 8.00. The van der Waals surface area contributed by atoms with E-state index in [0.717, 1.165) is 16.8 Å². The second-order valence-corrected chi connectivity index (χ2v) is 4.55. The van der Waals surface area contributed by atoms with Crippen molar-refractivity contribution in [3.63, 3.8) is 0 Å². The summed E-state index contributed by atoms with van der Waals surface area (Å²) in [5.41, 5.74) is 0. The van der Waals surface area contributed by atoms with Crippen LogP contribution in [0.15, 0.2) is 11.6 Å². The van der Waals surface area contributed by atoms with Gasteiger partial charge in [0.2, 0.25) is 5.91 Å². The first-order chi connectivity index (χ1) is 7.18. The fraction of sp³-hybridized carbons (Fsp3) is 0.375. The second-order valence-electron chi connectivity index (χ2n) is 2.59. The molecule has 1 rings (SSSR count). The van der Waals surface area contributed by atoms with Crippen molar-refractivity contribution in [1.82, 2.24) is 10.3 Å². The Bertz CT molecular complexity index is 327. The van der Waals surface area contributed by atoms with Gasteiger partial charge >= 0.3 is 5.97 Å². The number of carboxylic acids is 1. The van der Waals surface area contributed by atoms with Crippen LogP contribution in [0.1, 0.15) is 5.01 Å². The van der Waals surface area contributed by atoms with Crippen LogP contribution in [0.25, 0.3) is 0 Å². The summed E-state index contributed by atoms with van der Waals surface area (Å²) in [4.78, 5) is 25.3. The van der Waals surface area contributed by atoms with E-state index in [4.69, 9.17) is 5.11 Å². The molecule has 0 bridgehead atoms. The zero-order valence-electron chi connectivity index (χ0n) is 7.80. The van der Waals surface area contributed by atoms with E-state index in [9.17, 15) is 9.59 Å². The lowest BCUT2D eigenvalue weighted by Crippen LogP contribution is -2.24. The lowest BCUT2D eigenvalue weighted by Gasteiger charge is -2.01. The summed E-state index contributed by atoms with van der Waals surface area (Å²) < 4.78 is 0. The average molecular weight is 246 g/mol. The average Bonchev–Trinajstić information content (AvgIpc) is 2.66. The third-order valence-electron chi connectivity index (χ3n) is 1.38. The quantitative estimate of drug-likeness (QED) is 0.767. The molecule has 0 aliphatic heterocycles. The first kappa shape index (κ1) is 12.0. The van der Waals surface area contributed by atoms with Gasteiger partial charge in [-0.25, -0.2) is 4.98 Å². The SMILES string of the molecule is O=C(O)CSCC(=O)NCc1nccs1. The van der Waals surface area contributed by atoms with Crippen molar-refractivity contribution < 1.29 is 14.7 Å². The summed E-state index contributed by atoms with van der Waals surface area (Å²) in [5, 5.41) is 13.7. The van der Waals surface area contributed by atoms with Crippen molar-refractivity contribution in [3.05, 3.63) is 16.6 Å². The summed E-state index contributed by atoms with van der Waals surface area (Å²) >= 11 is 2.54. The molecule has 0 fully saturated rings. The summed E-state index contributed by atoms with van der Waals surface area (Å²) in [5.74, 6) is -0.966. The van der Waals surface area contributed by atoms with Gasteiger partial charge in [-0.1, -0.05) is 0 Å². The Morgan fingerprint density at radius 1 is 1.53 bits per heavy atom. The number of carbonyl (C=O) groups excluding carboxylic acids is 1. The number of thioether (sulfide) groups is 1. The van der Waals surface area contributed by atoms with Crippen LogP contribution in [-0.2, 0) is 16.1 Å². The van der Waals surface area contributed by atoms with Gasteiger partial charge in [-0.05, 0) is 0 Å². The van der Waals surface area contributed by atoms with Crippen molar-refractivity contribution in [3.8, 4) is 0 Å². The van der Waals surface area contributed by atoms with Gasteiger partial charge in [0.1, 0.15) is 5.01 Å². The third-order valence-corrected chi connectivity index (χ3v) is 3.08. The zero-order valence-corrected chi connectivity index (χ0v) is 9.44. The van der Waals surface area contributed by atoms with Gasteiger partial charge in [-0.15, -0.1) is 23.1 Å². The molecule has 0 aromatic carbocycles. The van der Waals surface area contributed by atoms with Gasteiger partial charge in [0.05, 0.1) is 18.1 Å².